The largest absolute Gasteiger partial charge is 0.481 e. The van der Waals surface area contributed by atoms with Crippen molar-refractivity contribution < 1.29 is 9.90 Å². The predicted octanol–water partition coefficient (Wildman–Crippen LogP) is 3.23. The molecule has 0 bridgehead atoms. The molecule has 0 heterocycles. The van der Waals surface area contributed by atoms with Crippen LogP contribution in [0.15, 0.2) is 11.6 Å². The topological polar surface area (TPSA) is 37.3 Å². The minimum atomic E-state index is -0.677. The molecule has 0 aromatic heterocycles. The second-order valence-corrected chi connectivity index (χ2v) is 5.00. The lowest BCUT2D eigenvalue weighted by Crippen LogP contribution is -2.44. The van der Waals surface area contributed by atoms with Crippen molar-refractivity contribution in [3.05, 3.63) is 11.6 Å². The van der Waals surface area contributed by atoms with Crippen LogP contribution in [0.5, 0.6) is 0 Å². The highest BCUT2D eigenvalue weighted by Gasteiger charge is 2.49. The first-order valence-electron chi connectivity index (χ1n) is 5.27. The van der Waals surface area contributed by atoms with E-state index in [4.69, 9.17) is 0 Å². The number of carbonyl (C=O) groups is 1. The summed E-state index contributed by atoms with van der Waals surface area (Å²) in [5.74, 6) is -0.677. The fourth-order valence-corrected chi connectivity index (χ4v) is 2.50. The molecular formula is C12H20O2. The van der Waals surface area contributed by atoms with E-state index in [2.05, 4.69) is 13.8 Å². The molecule has 0 aromatic rings. The molecule has 0 spiro atoms. The molecule has 1 aliphatic carbocycles. The molecule has 80 valence electrons. The highest BCUT2D eigenvalue weighted by Crippen LogP contribution is 2.50. The normalized spacial score (nSPS) is 31.0. The fourth-order valence-electron chi connectivity index (χ4n) is 2.50. The molecule has 1 aliphatic rings. The molecule has 0 saturated heterocycles. The minimum absolute atomic E-state index is 0.132. The number of rotatable bonds is 2. The zero-order chi connectivity index (χ0) is 11.0. The maximum absolute atomic E-state index is 11.4. The lowest BCUT2D eigenvalue weighted by Gasteiger charge is -2.44. The molecule has 2 heteroatoms. The van der Waals surface area contributed by atoms with Gasteiger partial charge in [-0.1, -0.05) is 32.4 Å². The summed E-state index contributed by atoms with van der Waals surface area (Å²) in [7, 11) is 0. The first kappa shape index (κ1) is 11.3. The maximum Gasteiger partial charge on any atom is 0.314 e. The molecule has 0 aliphatic heterocycles. The average Bonchev–Trinajstić information content (AvgIpc) is 2.09. The van der Waals surface area contributed by atoms with Crippen molar-refractivity contribution in [2.24, 2.45) is 10.8 Å². The Morgan fingerprint density at radius 2 is 2.14 bits per heavy atom. The smallest absolute Gasteiger partial charge is 0.314 e. The van der Waals surface area contributed by atoms with Gasteiger partial charge in [0.25, 0.3) is 0 Å². The monoisotopic (exact) mass is 196 g/mol. The Bertz CT molecular complexity index is 276. The number of carboxylic acids is 1. The number of aliphatic carboxylic acids is 1. The van der Waals surface area contributed by atoms with Crippen molar-refractivity contribution in [1.82, 2.24) is 0 Å². The van der Waals surface area contributed by atoms with Gasteiger partial charge >= 0.3 is 5.97 Å². The molecule has 0 amide bonds. The second-order valence-electron chi connectivity index (χ2n) is 5.00. The first-order valence-corrected chi connectivity index (χ1v) is 5.27. The van der Waals surface area contributed by atoms with E-state index in [0.717, 1.165) is 12.8 Å². The van der Waals surface area contributed by atoms with Crippen LogP contribution >= 0.6 is 0 Å². The van der Waals surface area contributed by atoms with Crippen molar-refractivity contribution >= 4 is 5.97 Å². The lowest BCUT2D eigenvalue weighted by atomic mass is 9.58. The molecule has 1 atom stereocenters. The van der Waals surface area contributed by atoms with E-state index >= 15 is 0 Å². The molecule has 1 unspecified atom stereocenters. The van der Waals surface area contributed by atoms with E-state index in [0.29, 0.717) is 6.42 Å². The van der Waals surface area contributed by atoms with Crippen molar-refractivity contribution in [1.29, 1.82) is 0 Å². The third-order valence-corrected chi connectivity index (χ3v) is 3.78. The zero-order valence-corrected chi connectivity index (χ0v) is 9.55. The van der Waals surface area contributed by atoms with Gasteiger partial charge in [0.15, 0.2) is 0 Å². The number of allylic oxidation sites excluding steroid dienone is 1. The van der Waals surface area contributed by atoms with Gasteiger partial charge in [-0.2, -0.15) is 0 Å². The van der Waals surface area contributed by atoms with Crippen LogP contribution in [0.1, 0.15) is 47.0 Å². The van der Waals surface area contributed by atoms with Crippen LogP contribution in [-0.4, -0.2) is 11.1 Å². The van der Waals surface area contributed by atoms with Gasteiger partial charge in [0.2, 0.25) is 0 Å². The second kappa shape index (κ2) is 3.41. The molecule has 14 heavy (non-hydrogen) atoms. The molecular weight excluding hydrogens is 176 g/mol. The Hall–Kier alpha value is -0.790. The Labute approximate surface area is 86.0 Å². The van der Waals surface area contributed by atoms with Gasteiger partial charge in [0, 0.05) is 0 Å². The van der Waals surface area contributed by atoms with E-state index in [1.807, 2.05) is 19.9 Å². The van der Waals surface area contributed by atoms with Crippen LogP contribution in [-0.2, 0) is 4.79 Å². The van der Waals surface area contributed by atoms with Crippen LogP contribution in [0.4, 0.5) is 0 Å². The van der Waals surface area contributed by atoms with Gasteiger partial charge in [-0.25, -0.2) is 0 Å². The van der Waals surface area contributed by atoms with Crippen molar-refractivity contribution in [3.8, 4) is 0 Å². The molecule has 1 N–H and O–H groups in total. The quantitative estimate of drug-likeness (QED) is 0.688. The minimum Gasteiger partial charge on any atom is -0.481 e. The SMILES string of the molecule is CCC1(C(=O)O)C=C(C)CCC1(C)C. The summed E-state index contributed by atoms with van der Waals surface area (Å²) in [6.07, 6.45) is 4.64. The van der Waals surface area contributed by atoms with Crippen molar-refractivity contribution in [3.63, 3.8) is 0 Å². The van der Waals surface area contributed by atoms with Gasteiger partial charge < -0.3 is 5.11 Å². The molecule has 2 nitrogen and oxygen atoms in total. The van der Waals surface area contributed by atoms with E-state index in [-0.39, 0.29) is 5.41 Å². The summed E-state index contributed by atoms with van der Waals surface area (Å²) < 4.78 is 0. The van der Waals surface area contributed by atoms with Crippen LogP contribution in [0, 0.1) is 10.8 Å². The zero-order valence-electron chi connectivity index (χ0n) is 9.55. The van der Waals surface area contributed by atoms with Crippen LogP contribution in [0.2, 0.25) is 0 Å². The molecule has 0 fully saturated rings. The summed E-state index contributed by atoms with van der Waals surface area (Å²) in [4.78, 5) is 11.4. The van der Waals surface area contributed by atoms with Gasteiger partial charge in [-0.15, -0.1) is 0 Å². The Morgan fingerprint density at radius 1 is 1.57 bits per heavy atom. The Kier molecular flexibility index (Phi) is 2.75. The van der Waals surface area contributed by atoms with E-state index in [1.54, 1.807) is 0 Å². The summed E-state index contributed by atoms with van der Waals surface area (Å²) in [6.45, 7) is 8.12. The standard InChI is InChI=1S/C12H20O2/c1-5-12(10(13)14)8-9(2)6-7-11(12,3)4/h8H,5-7H2,1-4H3,(H,13,14). The maximum atomic E-state index is 11.4. The molecule has 1 rings (SSSR count). The van der Waals surface area contributed by atoms with Crippen molar-refractivity contribution in [2.45, 2.75) is 47.0 Å². The van der Waals surface area contributed by atoms with Crippen LogP contribution < -0.4 is 0 Å². The third kappa shape index (κ3) is 1.47. The summed E-state index contributed by atoms with van der Waals surface area (Å²) in [5.41, 5.74) is 0.427. The molecule has 0 saturated carbocycles. The average molecular weight is 196 g/mol. The lowest BCUT2D eigenvalue weighted by molar-refractivity contribution is -0.153. The third-order valence-electron chi connectivity index (χ3n) is 3.78. The van der Waals surface area contributed by atoms with Gasteiger partial charge in [0.05, 0.1) is 5.41 Å². The first-order chi connectivity index (χ1) is 6.35. The number of carboxylic acid groups (broad SMARTS) is 1. The summed E-state index contributed by atoms with van der Waals surface area (Å²) in [6, 6.07) is 0. The van der Waals surface area contributed by atoms with Crippen LogP contribution in [0.3, 0.4) is 0 Å². The van der Waals surface area contributed by atoms with E-state index < -0.39 is 11.4 Å². The van der Waals surface area contributed by atoms with Gasteiger partial charge in [-0.05, 0) is 31.6 Å². The highest BCUT2D eigenvalue weighted by atomic mass is 16.4. The van der Waals surface area contributed by atoms with Gasteiger partial charge in [0.1, 0.15) is 0 Å². The Morgan fingerprint density at radius 3 is 2.50 bits per heavy atom. The van der Waals surface area contributed by atoms with Gasteiger partial charge in [-0.3, -0.25) is 4.79 Å². The van der Waals surface area contributed by atoms with Crippen molar-refractivity contribution in [2.75, 3.05) is 0 Å². The summed E-state index contributed by atoms with van der Waals surface area (Å²) in [5, 5.41) is 9.40. The Balaban J connectivity index is 3.23. The highest BCUT2D eigenvalue weighted by molar-refractivity contribution is 5.78. The summed E-state index contributed by atoms with van der Waals surface area (Å²) >= 11 is 0. The number of hydrogen-bond acceptors (Lipinski definition) is 1. The van der Waals surface area contributed by atoms with E-state index in [1.165, 1.54) is 5.57 Å². The fraction of sp³-hybridized carbons (Fsp3) is 0.750. The molecule has 0 radical (unpaired) electrons. The van der Waals surface area contributed by atoms with Crippen LogP contribution in [0.25, 0.3) is 0 Å². The predicted molar refractivity (Wildman–Crippen MR) is 57.1 cm³/mol. The molecule has 0 aromatic carbocycles. The number of hydrogen-bond donors (Lipinski definition) is 1. The van der Waals surface area contributed by atoms with E-state index in [9.17, 15) is 9.90 Å².